The highest BCUT2D eigenvalue weighted by Crippen LogP contribution is 2.20. The normalized spacial score (nSPS) is 18.1. The number of aromatic nitrogens is 1. The van der Waals surface area contributed by atoms with E-state index in [1.165, 1.54) is 12.3 Å². The average molecular weight is 513 g/mol. The van der Waals surface area contributed by atoms with Crippen molar-refractivity contribution >= 4 is 38.6 Å². The van der Waals surface area contributed by atoms with Crippen LogP contribution in [0.3, 0.4) is 0 Å². The van der Waals surface area contributed by atoms with E-state index in [9.17, 15) is 22.8 Å². The van der Waals surface area contributed by atoms with E-state index in [-0.39, 0.29) is 36.2 Å². The first-order chi connectivity index (χ1) is 17.2. The molecule has 0 saturated carbocycles. The summed E-state index contributed by atoms with van der Waals surface area (Å²) in [5.74, 6) is -1.68. The fourth-order valence-electron chi connectivity index (χ4n) is 4.09. The van der Waals surface area contributed by atoms with E-state index in [0.717, 1.165) is 9.69 Å². The summed E-state index contributed by atoms with van der Waals surface area (Å²) in [7, 11) is -3.94. The van der Waals surface area contributed by atoms with Crippen molar-refractivity contribution in [2.45, 2.75) is 43.8 Å². The number of hydrogen-bond donors (Lipinski definition) is 2. The van der Waals surface area contributed by atoms with Gasteiger partial charge in [-0.15, -0.1) is 0 Å². The van der Waals surface area contributed by atoms with Gasteiger partial charge in [-0.05, 0) is 43.0 Å². The molecule has 4 rings (SSSR count). The number of para-hydroxylation sites is 1. The molecule has 190 valence electrons. The van der Waals surface area contributed by atoms with Crippen LogP contribution in [0.4, 0.5) is 0 Å². The first-order valence-corrected chi connectivity index (χ1v) is 13.1. The SMILES string of the molecule is CC(C)C(NC(=O)c1cc2ccccc2o1)C(=O)N[C@H]1CCCN(S(=O)(=O)c2ccccn2)CC1=O. The summed E-state index contributed by atoms with van der Waals surface area (Å²) in [4.78, 5) is 42.7. The molecular formula is C25H28N4O6S. The monoisotopic (exact) mass is 512 g/mol. The van der Waals surface area contributed by atoms with Gasteiger partial charge in [0.15, 0.2) is 16.6 Å². The third-order valence-corrected chi connectivity index (χ3v) is 7.83. The maximum Gasteiger partial charge on any atom is 0.287 e. The lowest BCUT2D eigenvalue weighted by atomic mass is 10.0. The van der Waals surface area contributed by atoms with Crippen molar-refractivity contribution in [2.24, 2.45) is 5.92 Å². The predicted octanol–water partition coefficient (Wildman–Crippen LogP) is 2.12. The molecule has 2 atom stereocenters. The van der Waals surface area contributed by atoms with Gasteiger partial charge in [0.05, 0.1) is 12.6 Å². The Morgan fingerprint density at radius 1 is 1.14 bits per heavy atom. The molecule has 0 bridgehead atoms. The minimum Gasteiger partial charge on any atom is -0.451 e. The van der Waals surface area contributed by atoms with Crippen LogP contribution in [0.1, 0.15) is 37.2 Å². The zero-order valence-corrected chi connectivity index (χ0v) is 20.8. The number of amides is 2. The summed E-state index contributed by atoms with van der Waals surface area (Å²) in [5, 5.41) is 6.05. The van der Waals surface area contributed by atoms with Crippen LogP contribution in [-0.4, -0.2) is 60.5 Å². The Hall–Kier alpha value is -3.57. The third kappa shape index (κ3) is 5.47. The first-order valence-electron chi connectivity index (χ1n) is 11.7. The fourth-order valence-corrected chi connectivity index (χ4v) is 5.46. The molecule has 1 aliphatic rings. The first kappa shape index (κ1) is 25.5. The molecule has 2 amide bonds. The summed E-state index contributed by atoms with van der Waals surface area (Å²) in [6.45, 7) is 3.31. The Labute approximate surface area is 209 Å². The number of fused-ring (bicyclic) bond motifs is 1. The summed E-state index contributed by atoms with van der Waals surface area (Å²) in [6.07, 6.45) is 2.03. The van der Waals surface area contributed by atoms with E-state index in [4.69, 9.17) is 4.42 Å². The highest BCUT2D eigenvalue weighted by Gasteiger charge is 2.35. The molecule has 2 N–H and O–H groups in total. The van der Waals surface area contributed by atoms with Crippen LogP contribution in [-0.2, 0) is 19.6 Å². The molecule has 1 aromatic carbocycles. The van der Waals surface area contributed by atoms with Gasteiger partial charge in [0.2, 0.25) is 5.91 Å². The second-order valence-electron chi connectivity index (χ2n) is 9.02. The number of ketones is 1. The summed E-state index contributed by atoms with van der Waals surface area (Å²) >= 11 is 0. The number of rotatable bonds is 7. The number of hydrogen-bond acceptors (Lipinski definition) is 7. The van der Waals surface area contributed by atoms with Gasteiger partial charge in [0.25, 0.3) is 15.9 Å². The molecule has 36 heavy (non-hydrogen) atoms. The molecule has 2 aromatic heterocycles. The van der Waals surface area contributed by atoms with Crippen molar-refractivity contribution in [3.05, 3.63) is 60.5 Å². The highest BCUT2D eigenvalue weighted by atomic mass is 32.2. The molecule has 1 aliphatic heterocycles. The number of sulfonamides is 1. The largest absolute Gasteiger partial charge is 0.451 e. The van der Waals surface area contributed by atoms with Crippen molar-refractivity contribution in [2.75, 3.05) is 13.1 Å². The van der Waals surface area contributed by atoms with Crippen LogP contribution >= 0.6 is 0 Å². The smallest absolute Gasteiger partial charge is 0.287 e. The van der Waals surface area contributed by atoms with Crippen LogP contribution in [0.15, 0.2) is 64.2 Å². The van der Waals surface area contributed by atoms with E-state index < -0.39 is 39.7 Å². The lowest BCUT2D eigenvalue weighted by molar-refractivity contribution is -0.129. The van der Waals surface area contributed by atoms with Crippen molar-refractivity contribution in [3.63, 3.8) is 0 Å². The van der Waals surface area contributed by atoms with Crippen LogP contribution in [0.2, 0.25) is 0 Å². The van der Waals surface area contributed by atoms with Gasteiger partial charge in [-0.3, -0.25) is 14.4 Å². The van der Waals surface area contributed by atoms with Crippen LogP contribution in [0.25, 0.3) is 11.0 Å². The molecular weight excluding hydrogens is 484 g/mol. The number of nitrogens with one attached hydrogen (secondary N) is 2. The highest BCUT2D eigenvalue weighted by molar-refractivity contribution is 7.89. The van der Waals surface area contributed by atoms with Crippen LogP contribution in [0.5, 0.6) is 0 Å². The maximum atomic E-state index is 13.1. The average Bonchev–Trinajstić information content (AvgIpc) is 3.21. The Morgan fingerprint density at radius 3 is 2.58 bits per heavy atom. The second-order valence-corrected chi connectivity index (χ2v) is 10.9. The number of nitrogens with zero attached hydrogens (tertiary/aromatic N) is 2. The minimum absolute atomic E-state index is 0.0792. The second kappa shape index (κ2) is 10.6. The van der Waals surface area contributed by atoms with Gasteiger partial charge in [-0.2, -0.15) is 4.31 Å². The molecule has 11 heteroatoms. The molecule has 3 heterocycles. The summed E-state index contributed by atoms with van der Waals surface area (Å²) in [5.41, 5.74) is 0.558. The van der Waals surface area contributed by atoms with E-state index in [2.05, 4.69) is 15.6 Å². The zero-order valence-electron chi connectivity index (χ0n) is 20.0. The molecule has 0 radical (unpaired) electrons. The van der Waals surface area contributed by atoms with Crippen LogP contribution < -0.4 is 10.6 Å². The van der Waals surface area contributed by atoms with E-state index in [0.29, 0.717) is 12.0 Å². The summed E-state index contributed by atoms with van der Waals surface area (Å²) < 4.78 is 32.5. The van der Waals surface area contributed by atoms with Crippen molar-refractivity contribution in [1.29, 1.82) is 0 Å². The molecule has 0 aliphatic carbocycles. The Morgan fingerprint density at radius 2 is 1.89 bits per heavy atom. The number of carbonyl (C=O) groups is 3. The molecule has 1 unspecified atom stereocenters. The standard InChI is InChI=1S/C25H28N4O6S/c1-16(2)23(28-24(31)21-14-17-8-3-4-10-20(17)35-21)25(32)27-18-9-7-13-29(15-19(18)30)36(33,34)22-11-5-6-12-26-22/h3-6,8,10-12,14,16,18,23H,7,9,13,15H2,1-2H3,(H,27,32)(H,28,31)/t18-,23?/m0/s1. The topological polar surface area (TPSA) is 139 Å². The van der Waals surface area contributed by atoms with Crippen molar-refractivity contribution in [1.82, 2.24) is 19.9 Å². The van der Waals surface area contributed by atoms with Gasteiger partial charge in [0, 0.05) is 18.1 Å². The Balaban J connectivity index is 1.43. The van der Waals surface area contributed by atoms with Gasteiger partial charge in [-0.1, -0.05) is 38.1 Å². The van der Waals surface area contributed by atoms with Gasteiger partial charge in [-0.25, -0.2) is 13.4 Å². The Kier molecular flexibility index (Phi) is 7.51. The van der Waals surface area contributed by atoms with Crippen LogP contribution in [0, 0.1) is 5.92 Å². The lowest BCUT2D eigenvalue weighted by Crippen LogP contribution is -2.54. The van der Waals surface area contributed by atoms with E-state index >= 15 is 0 Å². The van der Waals surface area contributed by atoms with Gasteiger partial charge in [0.1, 0.15) is 11.6 Å². The molecule has 1 fully saturated rings. The molecule has 10 nitrogen and oxygen atoms in total. The predicted molar refractivity (Wildman–Crippen MR) is 131 cm³/mol. The fraction of sp³-hybridized carbons (Fsp3) is 0.360. The number of Topliss-reactive ketones (excluding diaryl/α,β-unsaturated/α-hetero) is 1. The minimum atomic E-state index is -3.94. The molecule has 3 aromatic rings. The maximum absolute atomic E-state index is 13.1. The number of pyridine rings is 1. The van der Waals surface area contributed by atoms with E-state index in [1.807, 2.05) is 12.1 Å². The lowest BCUT2D eigenvalue weighted by Gasteiger charge is -2.24. The Bertz CT molecular complexity index is 1340. The molecule has 1 saturated heterocycles. The van der Waals surface area contributed by atoms with Gasteiger partial charge >= 0.3 is 0 Å². The van der Waals surface area contributed by atoms with Crippen molar-refractivity contribution < 1.29 is 27.2 Å². The number of benzene rings is 1. The number of carbonyl (C=O) groups excluding carboxylic acids is 3. The zero-order chi connectivity index (χ0) is 25.9. The van der Waals surface area contributed by atoms with E-state index in [1.54, 1.807) is 44.2 Å². The molecule has 0 spiro atoms. The number of furan rings is 1. The third-order valence-electron chi connectivity index (χ3n) is 6.06. The van der Waals surface area contributed by atoms with Crippen molar-refractivity contribution in [3.8, 4) is 0 Å². The van der Waals surface area contributed by atoms with Gasteiger partial charge < -0.3 is 15.1 Å². The quantitative estimate of drug-likeness (QED) is 0.494. The summed E-state index contributed by atoms with van der Waals surface area (Å²) in [6, 6.07) is 11.5.